The van der Waals surface area contributed by atoms with E-state index in [4.69, 9.17) is 4.42 Å². The van der Waals surface area contributed by atoms with Gasteiger partial charge < -0.3 is 9.52 Å². The van der Waals surface area contributed by atoms with Crippen molar-refractivity contribution < 1.29 is 23.1 Å². The van der Waals surface area contributed by atoms with E-state index in [1.807, 2.05) is 0 Å². The van der Waals surface area contributed by atoms with Crippen molar-refractivity contribution >= 4 is 16.9 Å². The van der Waals surface area contributed by atoms with E-state index in [-0.39, 0.29) is 27.9 Å². The van der Waals surface area contributed by atoms with Gasteiger partial charge in [-0.2, -0.15) is 0 Å². The minimum Gasteiger partial charge on any atom is -0.478 e. The predicted molar refractivity (Wildman–Crippen MR) is 66.3 cm³/mol. The highest BCUT2D eigenvalue weighted by atomic mass is 19.1. The minimum atomic E-state index is -1.37. The molecule has 2 heterocycles. The molecule has 3 aromatic rings. The normalized spacial score (nSPS) is 10.9. The average Bonchev–Trinajstić information content (AvgIpc) is 2.96. The Morgan fingerprint density at radius 3 is 2.60 bits per heavy atom. The summed E-state index contributed by atoms with van der Waals surface area (Å²) >= 11 is 0. The number of hydrogen-bond donors (Lipinski definition) is 1. The number of hydrogen-bond acceptors (Lipinski definition) is 3. The Kier molecular flexibility index (Phi) is 2.71. The molecular weight excluding hydrogens is 268 g/mol. The van der Waals surface area contributed by atoms with Crippen molar-refractivity contribution in [2.45, 2.75) is 0 Å². The van der Waals surface area contributed by atoms with Gasteiger partial charge in [-0.05, 0) is 30.3 Å². The molecule has 0 radical (unpaired) electrons. The summed E-state index contributed by atoms with van der Waals surface area (Å²) in [4.78, 5) is 15.2. The lowest BCUT2D eigenvalue weighted by Gasteiger charge is -2.07. The van der Waals surface area contributed by atoms with Crippen LogP contribution >= 0.6 is 0 Å². The Bertz CT molecular complexity index is 813. The van der Waals surface area contributed by atoms with Gasteiger partial charge in [-0.15, -0.1) is 0 Å². The van der Waals surface area contributed by atoms with E-state index >= 15 is 0 Å². The van der Waals surface area contributed by atoms with Gasteiger partial charge in [0, 0.05) is 0 Å². The van der Waals surface area contributed by atoms with E-state index in [1.54, 1.807) is 12.1 Å². The SMILES string of the molecule is O=C(O)c1cc(-c2ccco2)nc2c(F)ccc(F)c12. The third-order valence-electron chi connectivity index (χ3n) is 2.86. The molecule has 0 unspecified atom stereocenters. The summed E-state index contributed by atoms with van der Waals surface area (Å²) in [5.41, 5.74) is -0.570. The molecule has 6 heteroatoms. The number of fused-ring (bicyclic) bond motifs is 1. The molecule has 0 saturated heterocycles. The maximum absolute atomic E-state index is 13.8. The molecule has 0 aliphatic heterocycles. The van der Waals surface area contributed by atoms with Crippen LogP contribution in [-0.4, -0.2) is 16.1 Å². The van der Waals surface area contributed by atoms with Crippen LogP contribution in [0.25, 0.3) is 22.4 Å². The highest BCUT2D eigenvalue weighted by Gasteiger charge is 2.19. The van der Waals surface area contributed by atoms with Crippen molar-refractivity contribution in [3.63, 3.8) is 0 Å². The topological polar surface area (TPSA) is 63.3 Å². The first-order chi connectivity index (χ1) is 9.58. The van der Waals surface area contributed by atoms with Crippen LogP contribution in [0.3, 0.4) is 0 Å². The molecule has 2 aromatic heterocycles. The van der Waals surface area contributed by atoms with Crippen LogP contribution in [0.15, 0.2) is 41.0 Å². The molecule has 0 amide bonds. The van der Waals surface area contributed by atoms with Crippen LogP contribution in [0, 0.1) is 11.6 Å². The van der Waals surface area contributed by atoms with Crippen molar-refractivity contribution in [2.24, 2.45) is 0 Å². The molecule has 0 aliphatic carbocycles. The van der Waals surface area contributed by atoms with E-state index in [9.17, 15) is 18.7 Å². The Morgan fingerprint density at radius 1 is 1.20 bits per heavy atom. The van der Waals surface area contributed by atoms with Crippen molar-refractivity contribution in [2.75, 3.05) is 0 Å². The molecule has 1 aromatic carbocycles. The van der Waals surface area contributed by atoms with Crippen LogP contribution in [0.2, 0.25) is 0 Å². The number of nitrogens with zero attached hydrogens (tertiary/aromatic N) is 1. The second kappa shape index (κ2) is 4.41. The molecule has 20 heavy (non-hydrogen) atoms. The fraction of sp³-hybridized carbons (Fsp3) is 0. The lowest BCUT2D eigenvalue weighted by Crippen LogP contribution is -2.03. The fourth-order valence-electron chi connectivity index (χ4n) is 1.99. The first-order valence-corrected chi connectivity index (χ1v) is 5.64. The zero-order valence-electron chi connectivity index (χ0n) is 9.93. The quantitative estimate of drug-likeness (QED) is 0.777. The molecule has 100 valence electrons. The minimum absolute atomic E-state index is 0.129. The molecule has 0 aliphatic rings. The van der Waals surface area contributed by atoms with Gasteiger partial charge in [-0.1, -0.05) is 0 Å². The smallest absolute Gasteiger partial charge is 0.336 e. The molecule has 0 spiro atoms. The third kappa shape index (κ3) is 1.82. The van der Waals surface area contributed by atoms with Crippen molar-refractivity contribution in [1.82, 2.24) is 4.98 Å². The van der Waals surface area contributed by atoms with Gasteiger partial charge in [0.15, 0.2) is 5.76 Å². The second-order valence-corrected chi connectivity index (χ2v) is 4.09. The van der Waals surface area contributed by atoms with E-state index in [1.165, 1.54) is 6.26 Å². The Hall–Kier alpha value is -2.76. The van der Waals surface area contributed by atoms with Crippen LogP contribution in [-0.2, 0) is 0 Å². The fourth-order valence-corrected chi connectivity index (χ4v) is 1.99. The summed E-state index contributed by atoms with van der Waals surface area (Å²) in [6, 6.07) is 6.08. The first-order valence-electron chi connectivity index (χ1n) is 5.64. The van der Waals surface area contributed by atoms with E-state index in [0.29, 0.717) is 0 Å². The zero-order chi connectivity index (χ0) is 14.3. The summed E-state index contributed by atoms with van der Waals surface area (Å²) in [5, 5.41) is 8.82. The highest BCUT2D eigenvalue weighted by Crippen LogP contribution is 2.28. The number of carbonyl (C=O) groups is 1. The summed E-state index contributed by atoms with van der Waals surface area (Å²) in [6.07, 6.45) is 1.38. The summed E-state index contributed by atoms with van der Waals surface area (Å²) in [6.45, 7) is 0. The molecule has 1 N–H and O–H groups in total. The first kappa shape index (κ1) is 12.3. The van der Waals surface area contributed by atoms with Crippen LogP contribution in [0.5, 0.6) is 0 Å². The van der Waals surface area contributed by atoms with Gasteiger partial charge in [0.1, 0.15) is 22.8 Å². The highest BCUT2D eigenvalue weighted by molar-refractivity contribution is 6.04. The van der Waals surface area contributed by atoms with Crippen molar-refractivity contribution in [3.05, 3.63) is 53.8 Å². The zero-order valence-corrected chi connectivity index (χ0v) is 9.93. The number of benzene rings is 1. The molecule has 0 saturated carbocycles. The van der Waals surface area contributed by atoms with E-state index in [0.717, 1.165) is 18.2 Å². The summed E-state index contributed by atoms with van der Waals surface area (Å²) in [5.74, 6) is -2.72. The van der Waals surface area contributed by atoms with Crippen molar-refractivity contribution in [3.8, 4) is 11.5 Å². The predicted octanol–water partition coefficient (Wildman–Crippen LogP) is 3.47. The molecule has 3 rings (SSSR count). The second-order valence-electron chi connectivity index (χ2n) is 4.09. The number of furan rings is 1. The molecule has 0 fully saturated rings. The van der Waals surface area contributed by atoms with Gasteiger partial charge in [0.2, 0.25) is 0 Å². The van der Waals surface area contributed by atoms with Crippen LogP contribution in [0.1, 0.15) is 10.4 Å². The van der Waals surface area contributed by atoms with Gasteiger partial charge >= 0.3 is 5.97 Å². The lowest BCUT2D eigenvalue weighted by atomic mass is 10.1. The van der Waals surface area contributed by atoms with Gasteiger partial charge in [0.25, 0.3) is 0 Å². The average molecular weight is 275 g/mol. The largest absolute Gasteiger partial charge is 0.478 e. The Labute approximate surface area is 111 Å². The lowest BCUT2D eigenvalue weighted by molar-refractivity contribution is 0.0698. The summed E-state index contributed by atoms with van der Waals surface area (Å²) < 4.78 is 32.6. The van der Waals surface area contributed by atoms with E-state index < -0.39 is 17.6 Å². The number of aromatic nitrogens is 1. The molecule has 0 atom stereocenters. The van der Waals surface area contributed by atoms with Crippen LogP contribution < -0.4 is 0 Å². The van der Waals surface area contributed by atoms with Gasteiger partial charge in [-0.25, -0.2) is 18.6 Å². The molecule has 0 bridgehead atoms. The van der Waals surface area contributed by atoms with Gasteiger partial charge in [0.05, 0.1) is 17.2 Å². The maximum atomic E-state index is 13.8. The number of halogens is 2. The Morgan fingerprint density at radius 2 is 1.95 bits per heavy atom. The van der Waals surface area contributed by atoms with Crippen molar-refractivity contribution in [1.29, 1.82) is 0 Å². The monoisotopic (exact) mass is 275 g/mol. The number of carboxylic acid groups (broad SMARTS) is 1. The third-order valence-corrected chi connectivity index (χ3v) is 2.86. The standard InChI is InChI=1S/C14H7F2NO3/c15-8-3-4-9(16)13-12(8)7(14(18)19)6-10(17-13)11-2-1-5-20-11/h1-6H,(H,18,19). The Balaban J connectivity index is 2.43. The number of rotatable bonds is 2. The number of carboxylic acids is 1. The van der Waals surface area contributed by atoms with E-state index in [2.05, 4.69) is 4.98 Å². The molecule has 4 nitrogen and oxygen atoms in total. The van der Waals surface area contributed by atoms with Gasteiger partial charge in [-0.3, -0.25) is 0 Å². The maximum Gasteiger partial charge on any atom is 0.336 e. The van der Waals surface area contributed by atoms with Crippen LogP contribution in [0.4, 0.5) is 8.78 Å². The molecular formula is C14H7F2NO3. The number of pyridine rings is 1. The number of aromatic carboxylic acids is 1. The summed E-state index contributed by atoms with van der Waals surface area (Å²) in [7, 11) is 0.